The Balaban J connectivity index is 1.70. The monoisotopic (exact) mass is 347 g/mol. The van der Waals surface area contributed by atoms with Gasteiger partial charge in [0.1, 0.15) is 0 Å². The summed E-state index contributed by atoms with van der Waals surface area (Å²) < 4.78 is 37.1. The lowest BCUT2D eigenvalue weighted by molar-refractivity contribution is -0.186. The van der Waals surface area contributed by atoms with E-state index in [4.69, 9.17) is 0 Å². The highest BCUT2D eigenvalue weighted by Gasteiger charge is 2.43. The zero-order valence-electron chi connectivity index (χ0n) is 12.9. The van der Waals surface area contributed by atoms with Crippen LogP contribution in [0.3, 0.4) is 0 Å². The topological polar surface area (TPSA) is 45.2 Å². The smallest absolute Gasteiger partial charge is 0.336 e. The number of anilines is 1. The highest BCUT2D eigenvalue weighted by atomic mass is 32.1. The van der Waals surface area contributed by atoms with Crippen LogP contribution in [-0.4, -0.2) is 35.1 Å². The second-order valence-corrected chi connectivity index (χ2v) is 7.01. The summed E-state index contributed by atoms with van der Waals surface area (Å²) in [6.45, 7) is 6.29. The molecule has 1 aromatic rings. The van der Waals surface area contributed by atoms with E-state index in [9.17, 15) is 18.0 Å². The van der Waals surface area contributed by atoms with Crippen LogP contribution in [0.2, 0.25) is 0 Å². The SMILES string of the molecule is C=C(CCC1CCN(C(=O)C(F)(F)F)CC1)Nc1ncc(C)s1. The second-order valence-electron chi connectivity index (χ2n) is 5.78. The fourth-order valence-corrected chi connectivity index (χ4v) is 3.32. The molecule has 128 valence electrons. The van der Waals surface area contributed by atoms with Gasteiger partial charge in [0.05, 0.1) is 0 Å². The normalized spacial score (nSPS) is 16.4. The summed E-state index contributed by atoms with van der Waals surface area (Å²) >= 11 is 1.55. The van der Waals surface area contributed by atoms with Crippen molar-refractivity contribution < 1.29 is 18.0 Å². The number of aromatic nitrogens is 1. The number of nitrogens with zero attached hydrogens (tertiary/aromatic N) is 2. The lowest BCUT2D eigenvalue weighted by Gasteiger charge is -2.32. The van der Waals surface area contributed by atoms with Gasteiger partial charge in [-0.25, -0.2) is 4.98 Å². The molecule has 0 radical (unpaired) electrons. The van der Waals surface area contributed by atoms with E-state index in [2.05, 4.69) is 16.9 Å². The largest absolute Gasteiger partial charge is 0.471 e. The van der Waals surface area contributed by atoms with Crippen molar-refractivity contribution in [2.45, 2.75) is 38.8 Å². The first-order chi connectivity index (χ1) is 10.8. The quantitative estimate of drug-likeness (QED) is 0.877. The average molecular weight is 347 g/mol. The Labute approximate surface area is 137 Å². The van der Waals surface area contributed by atoms with Crippen LogP contribution in [0, 0.1) is 12.8 Å². The van der Waals surface area contributed by atoms with Gasteiger partial charge in [-0.1, -0.05) is 6.58 Å². The lowest BCUT2D eigenvalue weighted by Crippen LogP contribution is -2.45. The molecule has 1 N–H and O–H groups in total. The molecule has 0 bridgehead atoms. The summed E-state index contributed by atoms with van der Waals surface area (Å²) in [4.78, 5) is 17.4. The molecule has 1 aliphatic rings. The first kappa shape index (κ1) is 17.8. The molecule has 0 aromatic carbocycles. The van der Waals surface area contributed by atoms with E-state index in [0.717, 1.165) is 33.4 Å². The number of amides is 1. The summed E-state index contributed by atoms with van der Waals surface area (Å²) in [5.74, 6) is -1.40. The molecule has 1 aromatic heterocycles. The number of likely N-dealkylation sites (tertiary alicyclic amines) is 1. The number of hydrogen-bond donors (Lipinski definition) is 1. The summed E-state index contributed by atoms with van der Waals surface area (Å²) in [6, 6.07) is 0. The van der Waals surface area contributed by atoms with Crippen molar-refractivity contribution in [1.82, 2.24) is 9.88 Å². The maximum absolute atomic E-state index is 12.4. The maximum Gasteiger partial charge on any atom is 0.471 e. The van der Waals surface area contributed by atoms with Gasteiger partial charge in [0.25, 0.3) is 0 Å². The third kappa shape index (κ3) is 5.23. The van der Waals surface area contributed by atoms with Gasteiger partial charge in [-0.15, -0.1) is 11.3 Å². The minimum Gasteiger partial charge on any atom is -0.336 e. The van der Waals surface area contributed by atoms with Crippen LogP contribution in [0.15, 0.2) is 18.5 Å². The molecule has 1 aliphatic heterocycles. The molecule has 0 saturated carbocycles. The Morgan fingerprint density at radius 1 is 1.48 bits per heavy atom. The molecule has 4 nitrogen and oxygen atoms in total. The zero-order valence-corrected chi connectivity index (χ0v) is 13.8. The van der Waals surface area contributed by atoms with E-state index in [0.29, 0.717) is 18.8 Å². The third-order valence-electron chi connectivity index (χ3n) is 3.90. The first-order valence-electron chi connectivity index (χ1n) is 7.49. The fraction of sp³-hybridized carbons (Fsp3) is 0.600. The van der Waals surface area contributed by atoms with Crippen molar-refractivity contribution in [1.29, 1.82) is 0 Å². The fourth-order valence-electron chi connectivity index (χ4n) is 2.61. The number of nitrogens with one attached hydrogen (secondary N) is 1. The second kappa shape index (κ2) is 7.33. The Hall–Kier alpha value is -1.57. The van der Waals surface area contributed by atoms with Crippen molar-refractivity contribution in [3.63, 3.8) is 0 Å². The summed E-state index contributed by atoms with van der Waals surface area (Å²) in [5.41, 5.74) is 0.855. The van der Waals surface area contributed by atoms with Crippen LogP contribution in [-0.2, 0) is 4.79 Å². The molecule has 2 heterocycles. The van der Waals surface area contributed by atoms with Gasteiger partial charge in [0, 0.05) is 29.9 Å². The summed E-state index contributed by atoms with van der Waals surface area (Å²) in [5, 5.41) is 3.95. The van der Waals surface area contributed by atoms with Crippen molar-refractivity contribution in [3.8, 4) is 0 Å². The predicted octanol–water partition coefficient (Wildman–Crippen LogP) is 3.96. The Morgan fingerprint density at radius 2 is 2.13 bits per heavy atom. The highest BCUT2D eigenvalue weighted by Crippen LogP contribution is 2.27. The van der Waals surface area contributed by atoms with E-state index in [-0.39, 0.29) is 13.1 Å². The van der Waals surface area contributed by atoms with Crippen molar-refractivity contribution in [2.75, 3.05) is 18.4 Å². The Morgan fingerprint density at radius 3 is 2.65 bits per heavy atom. The van der Waals surface area contributed by atoms with Crippen molar-refractivity contribution in [3.05, 3.63) is 23.3 Å². The lowest BCUT2D eigenvalue weighted by atomic mass is 9.91. The number of alkyl halides is 3. The molecular formula is C15H20F3N3OS. The zero-order chi connectivity index (χ0) is 17.0. The number of carbonyl (C=O) groups excluding carboxylic acids is 1. The number of aryl methyl sites for hydroxylation is 1. The number of carbonyl (C=O) groups is 1. The van der Waals surface area contributed by atoms with Gasteiger partial charge in [0.2, 0.25) is 0 Å². The number of piperidine rings is 1. The van der Waals surface area contributed by atoms with Gasteiger partial charge < -0.3 is 10.2 Å². The molecule has 0 aliphatic carbocycles. The molecule has 0 unspecified atom stereocenters. The minimum absolute atomic E-state index is 0.175. The van der Waals surface area contributed by atoms with Gasteiger partial charge in [-0.3, -0.25) is 4.79 Å². The molecule has 1 amide bonds. The Bertz CT molecular complexity index is 563. The first-order valence-corrected chi connectivity index (χ1v) is 8.30. The van der Waals surface area contributed by atoms with Crippen LogP contribution in [0.4, 0.5) is 18.3 Å². The number of thiazole rings is 1. The standard InChI is InChI=1S/C15H20F3N3OS/c1-10(20-14-19-9-11(2)23-14)3-4-12-5-7-21(8-6-12)13(22)15(16,17)18/h9,12H,1,3-8H2,2H3,(H,19,20). The molecule has 2 rings (SSSR count). The molecule has 1 fully saturated rings. The van der Waals surface area contributed by atoms with E-state index in [1.165, 1.54) is 0 Å². The van der Waals surface area contributed by atoms with Crippen molar-refractivity contribution >= 4 is 22.4 Å². The van der Waals surface area contributed by atoms with Crippen molar-refractivity contribution in [2.24, 2.45) is 5.92 Å². The number of rotatable bonds is 5. The van der Waals surface area contributed by atoms with E-state index in [1.807, 2.05) is 6.92 Å². The molecular weight excluding hydrogens is 327 g/mol. The van der Waals surface area contributed by atoms with Crippen LogP contribution in [0.5, 0.6) is 0 Å². The van der Waals surface area contributed by atoms with Crippen LogP contribution in [0.25, 0.3) is 0 Å². The maximum atomic E-state index is 12.4. The van der Waals surface area contributed by atoms with Gasteiger partial charge in [-0.05, 0) is 38.5 Å². The number of hydrogen-bond acceptors (Lipinski definition) is 4. The van der Waals surface area contributed by atoms with Crippen LogP contribution < -0.4 is 5.32 Å². The Kier molecular flexibility index (Phi) is 5.67. The molecule has 0 spiro atoms. The van der Waals surface area contributed by atoms with E-state index < -0.39 is 12.1 Å². The summed E-state index contributed by atoms with van der Waals surface area (Å²) in [6.07, 6.45) is -0.178. The number of allylic oxidation sites excluding steroid dienone is 1. The molecule has 8 heteroatoms. The van der Waals surface area contributed by atoms with Gasteiger partial charge >= 0.3 is 12.1 Å². The van der Waals surface area contributed by atoms with Gasteiger partial charge in [0.15, 0.2) is 5.13 Å². The van der Waals surface area contributed by atoms with Crippen LogP contribution in [0.1, 0.15) is 30.6 Å². The molecule has 0 atom stereocenters. The van der Waals surface area contributed by atoms with Crippen LogP contribution >= 0.6 is 11.3 Å². The minimum atomic E-state index is -4.77. The third-order valence-corrected chi connectivity index (χ3v) is 4.73. The van der Waals surface area contributed by atoms with E-state index >= 15 is 0 Å². The summed E-state index contributed by atoms with van der Waals surface area (Å²) in [7, 11) is 0. The average Bonchev–Trinajstić information content (AvgIpc) is 2.89. The molecule has 23 heavy (non-hydrogen) atoms. The number of halogens is 3. The predicted molar refractivity (Wildman–Crippen MR) is 84.2 cm³/mol. The highest BCUT2D eigenvalue weighted by molar-refractivity contribution is 7.15. The molecule has 1 saturated heterocycles. The van der Waals surface area contributed by atoms with Gasteiger partial charge in [-0.2, -0.15) is 13.2 Å². The van der Waals surface area contributed by atoms with E-state index in [1.54, 1.807) is 17.5 Å².